The normalized spacial score (nSPS) is 14.9. The van der Waals surface area contributed by atoms with Crippen molar-refractivity contribution < 1.29 is 9.53 Å². The number of hydrogen-bond donors (Lipinski definition) is 2. The second-order valence-electron chi connectivity index (χ2n) is 7.45. The van der Waals surface area contributed by atoms with E-state index in [1.54, 1.807) is 48.7 Å². The van der Waals surface area contributed by atoms with Crippen LogP contribution in [0.1, 0.15) is 18.5 Å². The fourth-order valence-electron chi connectivity index (χ4n) is 3.85. The van der Waals surface area contributed by atoms with E-state index < -0.39 is 6.04 Å². The SMILES string of the molecule is COc1ccccc1NC(=O)C1=C(C)Nc2nc(-c3cccnc3)nn2[C@@H]1c1ccncc1. The molecule has 0 saturated carbocycles. The Hall–Kier alpha value is -4.53. The number of nitrogens with one attached hydrogen (secondary N) is 2. The van der Waals surface area contributed by atoms with Gasteiger partial charge >= 0.3 is 0 Å². The first-order valence-corrected chi connectivity index (χ1v) is 10.3. The second kappa shape index (κ2) is 8.54. The van der Waals surface area contributed by atoms with Gasteiger partial charge in [0.25, 0.3) is 5.91 Å². The molecule has 0 saturated heterocycles. The predicted molar refractivity (Wildman–Crippen MR) is 124 cm³/mol. The van der Waals surface area contributed by atoms with E-state index >= 15 is 0 Å². The fourth-order valence-corrected chi connectivity index (χ4v) is 3.85. The van der Waals surface area contributed by atoms with Crippen molar-refractivity contribution in [3.63, 3.8) is 0 Å². The molecule has 3 aromatic heterocycles. The number of para-hydroxylation sites is 2. The third kappa shape index (κ3) is 3.80. The van der Waals surface area contributed by atoms with Gasteiger partial charge in [-0.3, -0.25) is 14.8 Å². The summed E-state index contributed by atoms with van der Waals surface area (Å²) in [6, 6.07) is 14.2. The average Bonchev–Trinajstić information content (AvgIpc) is 3.28. The van der Waals surface area contributed by atoms with Gasteiger partial charge in [-0.05, 0) is 48.9 Å². The van der Waals surface area contributed by atoms with Gasteiger partial charge in [-0.1, -0.05) is 12.1 Å². The molecule has 0 radical (unpaired) electrons. The summed E-state index contributed by atoms with van der Waals surface area (Å²) in [5, 5.41) is 10.9. The Balaban J connectivity index is 1.59. The number of hydrogen-bond acceptors (Lipinski definition) is 7. The van der Waals surface area contributed by atoms with Crippen LogP contribution in [-0.4, -0.2) is 37.7 Å². The highest BCUT2D eigenvalue weighted by atomic mass is 16.5. The third-order valence-corrected chi connectivity index (χ3v) is 5.39. The number of anilines is 2. The third-order valence-electron chi connectivity index (χ3n) is 5.39. The van der Waals surface area contributed by atoms with Gasteiger partial charge in [0.05, 0.1) is 18.4 Å². The number of amides is 1. The summed E-state index contributed by atoms with van der Waals surface area (Å²) in [6.45, 7) is 1.85. The summed E-state index contributed by atoms with van der Waals surface area (Å²) in [5.74, 6) is 1.37. The topological polar surface area (TPSA) is 107 Å². The van der Waals surface area contributed by atoms with E-state index in [1.165, 1.54) is 0 Å². The Bertz CT molecular complexity index is 1330. The standard InChI is InChI=1S/C24H21N7O2/c1-15-20(23(32)28-18-7-3-4-8-19(18)33-2)21(16-9-12-25-13-10-16)31-24(27-15)29-22(30-31)17-6-5-11-26-14-17/h3-14,21H,1-2H3,(H,28,32)(H,27,29,30)/t21-/m1/s1. The quantitative estimate of drug-likeness (QED) is 0.489. The monoisotopic (exact) mass is 439 g/mol. The van der Waals surface area contributed by atoms with E-state index in [4.69, 9.17) is 9.84 Å². The molecule has 1 amide bonds. The maximum absolute atomic E-state index is 13.6. The molecule has 0 fully saturated rings. The Morgan fingerprint density at radius 1 is 1.06 bits per heavy atom. The number of rotatable bonds is 5. The first kappa shape index (κ1) is 20.4. The first-order valence-electron chi connectivity index (χ1n) is 10.3. The van der Waals surface area contributed by atoms with E-state index in [2.05, 4.69) is 25.6 Å². The van der Waals surface area contributed by atoms with Gasteiger partial charge in [0.1, 0.15) is 11.8 Å². The minimum Gasteiger partial charge on any atom is -0.495 e. The van der Waals surface area contributed by atoms with Gasteiger partial charge in [-0.2, -0.15) is 4.98 Å². The maximum atomic E-state index is 13.6. The van der Waals surface area contributed by atoms with E-state index in [9.17, 15) is 4.79 Å². The van der Waals surface area contributed by atoms with Gasteiger partial charge < -0.3 is 15.4 Å². The number of carbonyl (C=O) groups is 1. The highest BCUT2D eigenvalue weighted by molar-refractivity contribution is 6.06. The molecule has 0 unspecified atom stereocenters. The van der Waals surface area contributed by atoms with Crippen LogP contribution >= 0.6 is 0 Å². The van der Waals surface area contributed by atoms with Crippen molar-refractivity contribution in [1.82, 2.24) is 24.7 Å². The van der Waals surface area contributed by atoms with Crippen molar-refractivity contribution in [3.05, 3.63) is 90.2 Å². The van der Waals surface area contributed by atoms with E-state index in [0.29, 0.717) is 34.5 Å². The molecule has 9 nitrogen and oxygen atoms in total. The van der Waals surface area contributed by atoms with Crippen LogP contribution in [0.25, 0.3) is 11.4 Å². The van der Waals surface area contributed by atoms with Gasteiger partial charge in [0.15, 0.2) is 5.82 Å². The molecule has 1 atom stereocenters. The van der Waals surface area contributed by atoms with Crippen LogP contribution in [0, 0.1) is 0 Å². The Morgan fingerprint density at radius 3 is 2.64 bits per heavy atom. The summed E-state index contributed by atoms with van der Waals surface area (Å²) in [6.07, 6.45) is 6.80. The van der Waals surface area contributed by atoms with Crippen molar-refractivity contribution >= 4 is 17.5 Å². The lowest BCUT2D eigenvalue weighted by Crippen LogP contribution is -2.31. The van der Waals surface area contributed by atoms with Crippen LogP contribution in [-0.2, 0) is 4.79 Å². The summed E-state index contributed by atoms with van der Waals surface area (Å²) >= 11 is 0. The van der Waals surface area contributed by atoms with Crippen LogP contribution in [0.15, 0.2) is 84.6 Å². The number of aromatic nitrogens is 5. The molecule has 4 heterocycles. The molecule has 0 spiro atoms. The van der Waals surface area contributed by atoms with Crippen LogP contribution in [0.4, 0.5) is 11.6 Å². The first-order chi connectivity index (χ1) is 16.2. The lowest BCUT2D eigenvalue weighted by molar-refractivity contribution is -0.113. The minimum absolute atomic E-state index is 0.268. The predicted octanol–water partition coefficient (Wildman–Crippen LogP) is 3.67. The Kier molecular flexibility index (Phi) is 5.27. The number of nitrogens with zero attached hydrogens (tertiary/aromatic N) is 5. The number of fused-ring (bicyclic) bond motifs is 1. The number of benzene rings is 1. The van der Waals surface area contributed by atoms with Crippen molar-refractivity contribution in [2.24, 2.45) is 0 Å². The highest BCUT2D eigenvalue weighted by Crippen LogP contribution is 2.37. The van der Waals surface area contributed by atoms with Crippen LogP contribution < -0.4 is 15.4 Å². The van der Waals surface area contributed by atoms with Crippen LogP contribution in [0.3, 0.4) is 0 Å². The van der Waals surface area contributed by atoms with Gasteiger partial charge in [0, 0.05) is 36.0 Å². The number of carbonyl (C=O) groups excluding carboxylic acids is 1. The number of pyridine rings is 2. The molecular weight excluding hydrogens is 418 g/mol. The number of allylic oxidation sites excluding steroid dienone is 1. The molecule has 4 aromatic rings. The lowest BCUT2D eigenvalue weighted by Gasteiger charge is -2.28. The van der Waals surface area contributed by atoms with Gasteiger partial charge in [0.2, 0.25) is 5.95 Å². The fraction of sp³-hybridized carbons (Fsp3) is 0.125. The molecule has 1 aliphatic rings. The van der Waals surface area contributed by atoms with Gasteiger partial charge in [-0.25, -0.2) is 4.68 Å². The average molecular weight is 439 g/mol. The van der Waals surface area contributed by atoms with E-state index in [-0.39, 0.29) is 5.91 Å². The molecule has 33 heavy (non-hydrogen) atoms. The summed E-state index contributed by atoms with van der Waals surface area (Å²) in [4.78, 5) is 26.5. The molecule has 1 aromatic carbocycles. The van der Waals surface area contributed by atoms with Crippen molar-refractivity contribution in [3.8, 4) is 17.1 Å². The van der Waals surface area contributed by atoms with Crippen molar-refractivity contribution in [2.45, 2.75) is 13.0 Å². The molecule has 1 aliphatic heterocycles. The zero-order chi connectivity index (χ0) is 22.8. The molecule has 0 aliphatic carbocycles. The number of methoxy groups -OCH3 is 1. The molecule has 9 heteroatoms. The second-order valence-corrected chi connectivity index (χ2v) is 7.45. The van der Waals surface area contributed by atoms with Crippen molar-refractivity contribution in [2.75, 3.05) is 17.7 Å². The molecular formula is C24H21N7O2. The van der Waals surface area contributed by atoms with Crippen LogP contribution in [0.2, 0.25) is 0 Å². The molecule has 2 N–H and O–H groups in total. The molecule has 5 rings (SSSR count). The van der Waals surface area contributed by atoms with Crippen LogP contribution in [0.5, 0.6) is 5.75 Å². The largest absolute Gasteiger partial charge is 0.495 e. The summed E-state index contributed by atoms with van der Waals surface area (Å²) < 4.78 is 7.12. The summed E-state index contributed by atoms with van der Waals surface area (Å²) in [5.41, 5.74) is 3.43. The number of ether oxygens (including phenoxy) is 1. The Morgan fingerprint density at radius 2 is 1.88 bits per heavy atom. The zero-order valence-corrected chi connectivity index (χ0v) is 18.1. The smallest absolute Gasteiger partial charge is 0.255 e. The highest BCUT2D eigenvalue weighted by Gasteiger charge is 2.34. The van der Waals surface area contributed by atoms with Crippen molar-refractivity contribution in [1.29, 1.82) is 0 Å². The molecule has 164 valence electrons. The summed E-state index contributed by atoms with van der Waals surface area (Å²) in [7, 11) is 1.57. The van der Waals surface area contributed by atoms with E-state index in [1.807, 2.05) is 43.3 Å². The lowest BCUT2D eigenvalue weighted by atomic mass is 9.96. The van der Waals surface area contributed by atoms with Gasteiger partial charge in [-0.15, -0.1) is 5.10 Å². The molecule has 0 bridgehead atoms. The maximum Gasteiger partial charge on any atom is 0.255 e. The minimum atomic E-state index is -0.503. The van der Waals surface area contributed by atoms with E-state index in [0.717, 1.165) is 11.1 Å². The Labute approximate surface area is 190 Å². The zero-order valence-electron chi connectivity index (χ0n) is 18.1.